The number of aromatic carboxylic acids is 1. The molecule has 0 aliphatic heterocycles. The Bertz CT molecular complexity index is 656. The minimum absolute atomic E-state index is 0.134. The summed E-state index contributed by atoms with van der Waals surface area (Å²) in [4.78, 5) is 35.1. The first-order chi connectivity index (χ1) is 11.9. The monoisotopic (exact) mass is 350 g/mol. The first kappa shape index (κ1) is 18.9. The molecule has 0 spiro atoms. The molecule has 1 aliphatic rings. The number of hydrogen-bond acceptors (Lipinski definition) is 3. The number of halogens is 1. The third kappa shape index (κ3) is 5.55. The van der Waals surface area contributed by atoms with Gasteiger partial charge in [0.2, 0.25) is 11.8 Å². The summed E-state index contributed by atoms with van der Waals surface area (Å²) in [6, 6.07) is 2.30. The minimum Gasteiger partial charge on any atom is -0.478 e. The molecule has 7 heteroatoms. The molecule has 6 nitrogen and oxygen atoms in total. The molecule has 0 aromatic heterocycles. The molecule has 0 bridgehead atoms. The van der Waals surface area contributed by atoms with Crippen LogP contribution in [0.15, 0.2) is 18.2 Å². The average Bonchev–Trinajstić information content (AvgIpc) is 2.57. The van der Waals surface area contributed by atoms with E-state index in [0.717, 1.165) is 43.9 Å². The molecule has 1 aliphatic carbocycles. The number of benzene rings is 1. The topological polar surface area (TPSA) is 95.5 Å². The average molecular weight is 350 g/mol. The Labute approximate surface area is 145 Å². The predicted octanol–water partition coefficient (Wildman–Crippen LogP) is 2.94. The van der Waals surface area contributed by atoms with Crippen molar-refractivity contribution >= 4 is 23.5 Å². The fraction of sp³-hybridized carbons (Fsp3) is 0.500. The predicted molar refractivity (Wildman–Crippen MR) is 90.8 cm³/mol. The molecule has 1 unspecified atom stereocenters. The molecular formula is C18H23FN2O4. The fourth-order valence-electron chi connectivity index (χ4n) is 3.01. The lowest BCUT2D eigenvalue weighted by atomic mass is 9.87. The minimum atomic E-state index is -1.22. The number of nitrogens with one attached hydrogen (secondary N) is 2. The van der Waals surface area contributed by atoms with E-state index >= 15 is 0 Å². The molecule has 1 aromatic rings. The normalized spacial score (nSPS) is 16.1. The maximum atomic E-state index is 13.7. The molecule has 136 valence electrons. The SMILES string of the molecule is CC(NC(=O)CC1CCCCC1)C(=O)Nc1cc(C(=O)O)ccc1F. The van der Waals surface area contributed by atoms with Crippen LogP contribution in [0, 0.1) is 11.7 Å². The molecule has 25 heavy (non-hydrogen) atoms. The Morgan fingerprint density at radius 3 is 2.56 bits per heavy atom. The lowest BCUT2D eigenvalue weighted by molar-refractivity contribution is -0.127. The van der Waals surface area contributed by atoms with Crippen LogP contribution in [0.2, 0.25) is 0 Å². The zero-order valence-electron chi connectivity index (χ0n) is 14.2. The highest BCUT2D eigenvalue weighted by molar-refractivity contribution is 5.98. The number of anilines is 1. The number of carbonyl (C=O) groups is 3. The maximum Gasteiger partial charge on any atom is 0.335 e. The highest BCUT2D eigenvalue weighted by Gasteiger charge is 2.21. The molecule has 0 radical (unpaired) electrons. The number of carboxylic acid groups (broad SMARTS) is 1. The Hall–Kier alpha value is -2.44. The van der Waals surface area contributed by atoms with Crippen molar-refractivity contribution < 1.29 is 23.9 Å². The van der Waals surface area contributed by atoms with Crippen molar-refractivity contribution in [3.63, 3.8) is 0 Å². The highest BCUT2D eigenvalue weighted by atomic mass is 19.1. The number of carbonyl (C=O) groups excluding carboxylic acids is 2. The van der Waals surface area contributed by atoms with Gasteiger partial charge in [-0.15, -0.1) is 0 Å². The third-order valence-corrected chi connectivity index (χ3v) is 4.44. The first-order valence-electron chi connectivity index (χ1n) is 8.50. The van der Waals surface area contributed by atoms with Gasteiger partial charge < -0.3 is 15.7 Å². The van der Waals surface area contributed by atoms with Gasteiger partial charge in [-0.2, -0.15) is 0 Å². The Balaban J connectivity index is 1.90. The number of amides is 2. The van der Waals surface area contributed by atoms with Gasteiger partial charge in [0.1, 0.15) is 11.9 Å². The van der Waals surface area contributed by atoms with E-state index < -0.39 is 23.7 Å². The Kier molecular flexibility index (Phi) is 6.50. The second kappa shape index (κ2) is 8.60. The second-order valence-corrected chi connectivity index (χ2v) is 6.49. The van der Waals surface area contributed by atoms with Gasteiger partial charge in [0.25, 0.3) is 0 Å². The van der Waals surface area contributed by atoms with Gasteiger partial charge in [-0.05, 0) is 43.9 Å². The van der Waals surface area contributed by atoms with E-state index in [1.54, 1.807) is 0 Å². The van der Waals surface area contributed by atoms with Crippen LogP contribution in [0.4, 0.5) is 10.1 Å². The third-order valence-electron chi connectivity index (χ3n) is 4.44. The summed E-state index contributed by atoms with van der Waals surface area (Å²) in [5, 5.41) is 13.9. The smallest absolute Gasteiger partial charge is 0.335 e. The zero-order valence-corrected chi connectivity index (χ0v) is 14.2. The van der Waals surface area contributed by atoms with Gasteiger partial charge in [-0.3, -0.25) is 9.59 Å². The fourth-order valence-corrected chi connectivity index (χ4v) is 3.01. The first-order valence-corrected chi connectivity index (χ1v) is 8.50. The molecular weight excluding hydrogens is 327 g/mol. The van der Waals surface area contributed by atoms with Crippen LogP contribution in [-0.2, 0) is 9.59 Å². The summed E-state index contributed by atoms with van der Waals surface area (Å²) in [6.07, 6.45) is 5.92. The summed E-state index contributed by atoms with van der Waals surface area (Å²) >= 11 is 0. The van der Waals surface area contributed by atoms with Gasteiger partial charge in [0, 0.05) is 6.42 Å². The van der Waals surface area contributed by atoms with Gasteiger partial charge in [-0.1, -0.05) is 19.3 Å². The quantitative estimate of drug-likeness (QED) is 0.735. The van der Waals surface area contributed by atoms with E-state index in [0.29, 0.717) is 12.3 Å². The van der Waals surface area contributed by atoms with Crippen molar-refractivity contribution in [2.24, 2.45) is 5.92 Å². The summed E-state index contributed by atoms with van der Waals surface area (Å²) in [6.45, 7) is 1.51. The molecule has 0 saturated heterocycles. The molecule has 1 saturated carbocycles. The van der Waals surface area contributed by atoms with Crippen molar-refractivity contribution in [2.45, 2.75) is 51.5 Å². The van der Waals surface area contributed by atoms with Crippen LogP contribution in [0.3, 0.4) is 0 Å². The van der Waals surface area contributed by atoms with Crippen molar-refractivity contribution in [1.82, 2.24) is 5.32 Å². The molecule has 1 aromatic carbocycles. The van der Waals surface area contributed by atoms with Crippen molar-refractivity contribution in [3.05, 3.63) is 29.6 Å². The van der Waals surface area contributed by atoms with E-state index in [4.69, 9.17) is 5.11 Å². The van der Waals surface area contributed by atoms with E-state index in [-0.39, 0.29) is 17.2 Å². The van der Waals surface area contributed by atoms with Crippen LogP contribution >= 0.6 is 0 Å². The van der Waals surface area contributed by atoms with Crippen LogP contribution in [-0.4, -0.2) is 28.9 Å². The van der Waals surface area contributed by atoms with E-state index in [1.807, 2.05) is 0 Å². The highest BCUT2D eigenvalue weighted by Crippen LogP contribution is 2.26. The van der Waals surface area contributed by atoms with Crippen molar-refractivity contribution in [3.8, 4) is 0 Å². The van der Waals surface area contributed by atoms with Crippen LogP contribution in [0.5, 0.6) is 0 Å². The second-order valence-electron chi connectivity index (χ2n) is 6.49. The van der Waals surface area contributed by atoms with E-state index in [9.17, 15) is 18.8 Å². The van der Waals surface area contributed by atoms with Gasteiger partial charge in [-0.25, -0.2) is 9.18 Å². The van der Waals surface area contributed by atoms with Crippen LogP contribution in [0.1, 0.15) is 55.8 Å². The van der Waals surface area contributed by atoms with Crippen molar-refractivity contribution in [1.29, 1.82) is 0 Å². The summed E-state index contributed by atoms with van der Waals surface area (Å²) < 4.78 is 13.7. The van der Waals surface area contributed by atoms with Gasteiger partial charge in [0.05, 0.1) is 11.3 Å². The van der Waals surface area contributed by atoms with E-state index in [2.05, 4.69) is 10.6 Å². The summed E-state index contributed by atoms with van der Waals surface area (Å²) in [5.74, 6) is -2.40. The summed E-state index contributed by atoms with van der Waals surface area (Å²) in [5.41, 5.74) is -0.357. The van der Waals surface area contributed by atoms with Crippen LogP contribution < -0.4 is 10.6 Å². The lowest BCUT2D eigenvalue weighted by Gasteiger charge is -2.22. The number of rotatable bonds is 6. The Morgan fingerprint density at radius 2 is 1.92 bits per heavy atom. The molecule has 1 fully saturated rings. The summed E-state index contributed by atoms with van der Waals surface area (Å²) in [7, 11) is 0. The molecule has 0 heterocycles. The maximum absolute atomic E-state index is 13.7. The number of hydrogen-bond donors (Lipinski definition) is 3. The Morgan fingerprint density at radius 1 is 1.24 bits per heavy atom. The standard InChI is InChI=1S/C18H23FN2O4/c1-11(20-16(22)9-12-5-3-2-4-6-12)17(23)21-15-10-13(18(24)25)7-8-14(15)19/h7-8,10-12H,2-6,9H2,1H3,(H,20,22)(H,21,23)(H,24,25). The van der Waals surface area contributed by atoms with Gasteiger partial charge in [0.15, 0.2) is 0 Å². The zero-order chi connectivity index (χ0) is 18.4. The van der Waals surface area contributed by atoms with E-state index in [1.165, 1.54) is 13.3 Å². The van der Waals surface area contributed by atoms with Gasteiger partial charge >= 0.3 is 5.97 Å². The molecule has 3 N–H and O–H groups in total. The number of carboxylic acids is 1. The van der Waals surface area contributed by atoms with Crippen LogP contribution in [0.25, 0.3) is 0 Å². The molecule has 2 amide bonds. The lowest BCUT2D eigenvalue weighted by Crippen LogP contribution is -2.42. The molecule has 2 rings (SSSR count). The largest absolute Gasteiger partial charge is 0.478 e. The molecule has 1 atom stereocenters. The van der Waals surface area contributed by atoms with Crippen molar-refractivity contribution in [2.75, 3.05) is 5.32 Å².